The number of anilines is 2. The van der Waals surface area contributed by atoms with E-state index in [2.05, 4.69) is 20.5 Å². The highest BCUT2D eigenvalue weighted by atomic mass is 16.5. The Morgan fingerprint density at radius 3 is 2.30 bits per heavy atom. The van der Waals surface area contributed by atoms with Gasteiger partial charge in [0.05, 0.1) is 21.3 Å². The fourth-order valence-corrected chi connectivity index (χ4v) is 2.53. The third-order valence-electron chi connectivity index (χ3n) is 3.94. The Balaban J connectivity index is 1.75. The largest absolute Gasteiger partial charge is 0.497 e. The molecule has 0 bridgehead atoms. The minimum atomic E-state index is -0.309. The Kier molecular flexibility index (Phi) is 5.55. The maximum Gasteiger partial charge on any atom is 0.274 e. The average Bonchev–Trinajstić information content (AvgIpc) is 2.70. The van der Waals surface area contributed by atoms with Crippen molar-refractivity contribution in [2.75, 3.05) is 26.6 Å². The molecule has 3 rings (SSSR count). The van der Waals surface area contributed by atoms with Crippen molar-refractivity contribution < 1.29 is 14.2 Å². The second-order valence-corrected chi connectivity index (χ2v) is 5.67. The van der Waals surface area contributed by atoms with Gasteiger partial charge in [-0.2, -0.15) is 0 Å². The van der Waals surface area contributed by atoms with Crippen molar-refractivity contribution in [3.8, 4) is 17.2 Å². The summed E-state index contributed by atoms with van der Waals surface area (Å²) in [4.78, 5) is 15.0. The summed E-state index contributed by atoms with van der Waals surface area (Å²) in [6.07, 6.45) is 0.325. The first kappa shape index (κ1) is 18.2. The first-order valence-corrected chi connectivity index (χ1v) is 8.20. The topological polar surface area (TPSA) is 98.4 Å². The lowest BCUT2D eigenvalue weighted by atomic mass is 10.1. The number of methoxy groups -OCH3 is 3. The first-order chi connectivity index (χ1) is 13.1. The second-order valence-electron chi connectivity index (χ2n) is 5.67. The SMILES string of the molecule is COc1ccc(Nc2nnc(Cc3ccc(OC)c(OC)c3)c(=O)[nH]2)cc1. The number of hydrogen-bond acceptors (Lipinski definition) is 7. The molecule has 0 amide bonds. The van der Waals surface area contributed by atoms with E-state index in [1.807, 2.05) is 24.3 Å². The second kappa shape index (κ2) is 8.22. The molecule has 0 atom stereocenters. The molecule has 27 heavy (non-hydrogen) atoms. The van der Waals surface area contributed by atoms with Crippen LogP contribution in [0.15, 0.2) is 47.3 Å². The highest BCUT2D eigenvalue weighted by Gasteiger charge is 2.10. The number of rotatable bonds is 7. The van der Waals surface area contributed by atoms with Gasteiger partial charge in [-0.15, -0.1) is 10.2 Å². The Morgan fingerprint density at radius 1 is 0.926 bits per heavy atom. The molecule has 2 aromatic carbocycles. The monoisotopic (exact) mass is 368 g/mol. The molecule has 0 aliphatic heterocycles. The van der Waals surface area contributed by atoms with E-state index in [0.717, 1.165) is 17.0 Å². The van der Waals surface area contributed by atoms with E-state index in [-0.39, 0.29) is 11.5 Å². The molecular weight excluding hydrogens is 348 g/mol. The van der Waals surface area contributed by atoms with Crippen LogP contribution in [-0.2, 0) is 6.42 Å². The van der Waals surface area contributed by atoms with E-state index in [1.165, 1.54) is 0 Å². The zero-order valence-electron chi connectivity index (χ0n) is 15.3. The number of aromatic amines is 1. The fourth-order valence-electron chi connectivity index (χ4n) is 2.53. The Hall–Kier alpha value is -3.55. The molecule has 0 saturated carbocycles. The highest BCUT2D eigenvalue weighted by Crippen LogP contribution is 2.28. The average molecular weight is 368 g/mol. The van der Waals surface area contributed by atoms with Crippen molar-refractivity contribution >= 4 is 11.6 Å². The molecule has 3 aromatic rings. The Bertz CT molecular complexity index is 970. The van der Waals surface area contributed by atoms with E-state index < -0.39 is 0 Å². The van der Waals surface area contributed by atoms with Gasteiger partial charge in [-0.05, 0) is 42.0 Å². The van der Waals surface area contributed by atoms with Crippen molar-refractivity contribution in [3.05, 3.63) is 64.1 Å². The van der Waals surface area contributed by atoms with Gasteiger partial charge in [-0.1, -0.05) is 6.07 Å². The summed E-state index contributed by atoms with van der Waals surface area (Å²) in [6.45, 7) is 0. The predicted octanol–water partition coefficient (Wildman–Crippen LogP) is 2.53. The first-order valence-electron chi connectivity index (χ1n) is 8.20. The summed E-state index contributed by atoms with van der Waals surface area (Å²) in [5, 5.41) is 11.1. The van der Waals surface area contributed by atoms with E-state index in [1.54, 1.807) is 39.5 Å². The molecule has 2 N–H and O–H groups in total. The van der Waals surface area contributed by atoms with Crippen molar-refractivity contribution in [2.24, 2.45) is 0 Å². The molecule has 8 nitrogen and oxygen atoms in total. The van der Waals surface area contributed by atoms with Gasteiger partial charge in [0.1, 0.15) is 11.4 Å². The van der Waals surface area contributed by atoms with Crippen LogP contribution in [0.3, 0.4) is 0 Å². The third kappa shape index (κ3) is 4.35. The molecule has 0 saturated heterocycles. The van der Waals surface area contributed by atoms with Crippen LogP contribution in [0.5, 0.6) is 17.2 Å². The Morgan fingerprint density at radius 2 is 1.67 bits per heavy atom. The third-order valence-corrected chi connectivity index (χ3v) is 3.94. The van der Waals surface area contributed by atoms with Crippen LogP contribution in [-0.4, -0.2) is 36.5 Å². The molecule has 0 fully saturated rings. The minimum absolute atomic E-state index is 0.265. The lowest BCUT2D eigenvalue weighted by molar-refractivity contribution is 0.354. The minimum Gasteiger partial charge on any atom is -0.497 e. The van der Waals surface area contributed by atoms with Gasteiger partial charge >= 0.3 is 0 Å². The van der Waals surface area contributed by atoms with Gasteiger partial charge in [0, 0.05) is 12.1 Å². The Labute approximate surface area is 156 Å². The number of H-pyrrole nitrogens is 1. The summed E-state index contributed by atoms with van der Waals surface area (Å²) in [7, 11) is 4.73. The molecule has 1 aromatic heterocycles. The lowest BCUT2D eigenvalue weighted by Gasteiger charge is -2.09. The number of benzene rings is 2. The van der Waals surface area contributed by atoms with E-state index in [0.29, 0.717) is 23.6 Å². The number of hydrogen-bond donors (Lipinski definition) is 2. The summed E-state index contributed by atoms with van der Waals surface area (Å²) in [5.41, 5.74) is 1.62. The molecular formula is C19H20N4O4. The number of aromatic nitrogens is 3. The van der Waals surface area contributed by atoms with E-state index >= 15 is 0 Å². The molecule has 8 heteroatoms. The van der Waals surface area contributed by atoms with Crippen LogP contribution in [0.2, 0.25) is 0 Å². The molecule has 0 radical (unpaired) electrons. The van der Waals surface area contributed by atoms with Gasteiger partial charge in [0.15, 0.2) is 11.5 Å². The van der Waals surface area contributed by atoms with Crippen molar-refractivity contribution in [1.82, 2.24) is 15.2 Å². The smallest absolute Gasteiger partial charge is 0.274 e. The number of ether oxygens (including phenoxy) is 3. The molecule has 0 aliphatic carbocycles. The molecule has 1 heterocycles. The van der Waals surface area contributed by atoms with Gasteiger partial charge in [0.25, 0.3) is 5.56 Å². The maximum absolute atomic E-state index is 12.3. The zero-order valence-corrected chi connectivity index (χ0v) is 15.3. The van der Waals surface area contributed by atoms with Crippen LogP contribution in [0.1, 0.15) is 11.3 Å². The van der Waals surface area contributed by atoms with Crippen molar-refractivity contribution in [1.29, 1.82) is 0 Å². The predicted molar refractivity (Wildman–Crippen MR) is 101 cm³/mol. The molecule has 140 valence electrons. The molecule has 0 spiro atoms. The van der Waals surface area contributed by atoms with Gasteiger partial charge in [-0.3, -0.25) is 9.78 Å². The normalized spacial score (nSPS) is 10.3. The standard InChI is InChI=1S/C19H20N4O4/c1-25-14-7-5-13(6-8-14)20-19-21-18(24)15(22-23-19)10-12-4-9-16(26-2)17(11-12)27-3/h4-9,11H,10H2,1-3H3,(H2,20,21,23,24). The zero-order chi connectivity index (χ0) is 19.2. The van der Waals surface area contributed by atoms with Crippen molar-refractivity contribution in [2.45, 2.75) is 6.42 Å². The van der Waals surface area contributed by atoms with E-state index in [9.17, 15) is 4.79 Å². The highest BCUT2D eigenvalue weighted by molar-refractivity contribution is 5.54. The summed E-state index contributed by atoms with van der Waals surface area (Å²) in [6, 6.07) is 12.7. The van der Waals surface area contributed by atoms with Crippen LogP contribution >= 0.6 is 0 Å². The van der Waals surface area contributed by atoms with Crippen LogP contribution < -0.4 is 25.1 Å². The summed E-state index contributed by atoms with van der Waals surface area (Å²) >= 11 is 0. The number of nitrogens with one attached hydrogen (secondary N) is 2. The van der Waals surface area contributed by atoms with Crippen LogP contribution in [0.25, 0.3) is 0 Å². The van der Waals surface area contributed by atoms with Crippen LogP contribution in [0, 0.1) is 0 Å². The lowest BCUT2D eigenvalue weighted by Crippen LogP contribution is -2.18. The fraction of sp³-hybridized carbons (Fsp3) is 0.211. The summed E-state index contributed by atoms with van der Waals surface area (Å²) in [5.74, 6) is 2.23. The molecule has 0 unspecified atom stereocenters. The quantitative estimate of drug-likeness (QED) is 0.661. The number of nitrogens with zero attached hydrogens (tertiary/aromatic N) is 2. The van der Waals surface area contributed by atoms with Gasteiger partial charge in [0.2, 0.25) is 5.95 Å². The summed E-state index contributed by atoms with van der Waals surface area (Å²) < 4.78 is 15.6. The van der Waals surface area contributed by atoms with Gasteiger partial charge < -0.3 is 19.5 Å². The van der Waals surface area contributed by atoms with Crippen LogP contribution in [0.4, 0.5) is 11.6 Å². The molecule has 0 aliphatic rings. The van der Waals surface area contributed by atoms with Crippen molar-refractivity contribution in [3.63, 3.8) is 0 Å². The van der Waals surface area contributed by atoms with E-state index in [4.69, 9.17) is 14.2 Å². The maximum atomic E-state index is 12.3. The van der Waals surface area contributed by atoms with Gasteiger partial charge in [-0.25, -0.2) is 0 Å².